The number of benzene rings is 1. The lowest BCUT2D eigenvalue weighted by Crippen LogP contribution is -2.23. The van der Waals surface area contributed by atoms with Crippen LogP contribution < -0.4 is 10.5 Å². The fraction of sp³-hybridized carbons (Fsp3) is 0.600. The summed E-state index contributed by atoms with van der Waals surface area (Å²) >= 11 is 0. The van der Waals surface area contributed by atoms with Crippen molar-refractivity contribution in [2.24, 2.45) is 11.1 Å². The van der Waals surface area contributed by atoms with Crippen molar-refractivity contribution in [2.45, 2.75) is 33.3 Å². The first-order valence-electron chi connectivity index (χ1n) is 6.48. The van der Waals surface area contributed by atoms with Crippen LogP contribution in [0, 0.1) is 5.41 Å². The molecule has 0 aromatic heterocycles. The second-order valence-electron chi connectivity index (χ2n) is 5.38. The average Bonchev–Trinajstić information content (AvgIpc) is 2.38. The molecule has 1 aromatic carbocycles. The topological polar surface area (TPSA) is 44.5 Å². The zero-order valence-corrected chi connectivity index (χ0v) is 11.7. The van der Waals surface area contributed by atoms with Gasteiger partial charge in [0, 0.05) is 6.61 Å². The molecule has 0 atom stereocenters. The van der Waals surface area contributed by atoms with Crippen LogP contribution in [-0.2, 0) is 11.3 Å². The summed E-state index contributed by atoms with van der Waals surface area (Å²) in [4.78, 5) is 0. The second kappa shape index (κ2) is 7.39. The first-order valence-corrected chi connectivity index (χ1v) is 6.48. The van der Waals surface area contributed by atoms with Gasteiger partial charge in [-0.25, -0.2) is 0 Å². The van der Waals surface area contributed by atoms with Crippen molar-refractivity contribution < 1.29 is 9.47 Å². The minimum atomic E-state index is 0.222. The Balaban J connectivity index is 2.21. The lowest BCUT2D eigenvalue weighted by Gasteiger charge is -2.21. The number of hydrogen-bond donors (Lipinski definition) is 1. The zero-order chi connectivity index (χ0) is 13.4. The number of methoxy groups -OCH3 is 1. The summed E-state index contributed by atoms with van der Waals surface area (Å²) in [5.41, 5.74) is 7.06. The van der Waals surface area contributed by atoms with Gasteiger partial charge in [0.15, 0.2) is 0 Å². The summed E-state index contributed by atoms with van der Waals surface area (Å²) in [7, 11) is 1.68. The lowest BCUT2D eigenvalue weighted by molar-refractivity contribution is 0.109. The molecule has 0 saturated carbocycles. The first-order chi connectivity index (χ1) is 8.57. The van der Waals surface area contributed by atoms with Gasteiger partial charge in [0.05, 0.1) is 13.7 Å². The molecular weight excluding hydrogens is 226 g/mol. The number of ether oxygens (including phenoxy) is 2. The minimum Gasteiger partial charge on any atom is -0.497 e. The van der Waals surface area contributed by atoms with Crippen molar-refractivity contribution in [3.05, 3.63) is 29.8 Å². The summed E-state index contributed by atoms with van der Waals surface area (Å²) in [6.45, 7) is 6.52. The van der Waals surface area contributed by atoms with E-state index in [-0.39, 0.29) is 5.41 Å². The average molecular weight is 251 g/mol. The summed E-state index contributed by atoms with van der Waals surface area (Å²) in [6.07, 6.45) is 2.15. The maximum absolute atomic E-state index is 5.69. The van der Waals surface area contributed by atoms with Gasteiger partial charge in [-0.15, -0.1) is 0 Å². The predicted octanol–water partition coefficient (Wildman–Crippen LogP) is 2.98. The summed E-state index contributed by atoms with van der Waals surface area (Å²) in [5.74, 6) is 0.875. The molecule has 0 aliphatic carbocycles. The quantitative estimate of drug-likeness (QED) is 0.722. The third-order valence-corrected chi connectivity index (χ3v) is 3.10. The highest BCUT2D eigenvalue weighted by Gasteiger charge is 2.14. The SMILES string of the molecule is COc1cccc(COCCCC(C)(C)CN)c1. The molecule has 0 heterocycles. The second-order valence-corrected chi connectivity index (χ2v) is 5.38. The molecule has 2 N–H and O–H groups in total. The van der Waals surface area contributed by atoms with Crippen molar-refractivity contribution in [1.82, 2.24) is 0 Å². The highest BCUT2D eigenvalue weighted by atomic mass is 16.5. The first kappa shape index (κ1) is 15.0. The Kier molecular flexibility index (Phi) is 6.16. The molecule has 102 valence electrons. The molecular formula is C15H25NO2. The van der Waals surface area contributed by atoms with Crippen molar-refractivity contribution in [2.75, 3.05) is 20.3 Å². The third-order valence-electron chi connectivity index (χ3n) is 3.10. The van der Waals surface area contributed by atoms with Crippen LogP contribution in [0.3, 0.4) is 0 Å². The van der Waals surface area contributed by atoms with E-state index in [1.807, 2.05) is 24.3 Å². The molecule has 0 saturated heterocycles. The van der Waals surface area contributed by atoms with Crippen LogP contribution in [-0.4, -0.2) is 20.3 Å². The summed E-state index contributed by atoms with van der Waals surface area (Å²) < 4.78 is 10.8. The fourth-order valence-corrected chi connectivity index (χ4v) is 1.71. The number of nitrogens with two attached hydrogens (primary N) is 1. The normalized spacial score (nSPS) is 11.6. The predicted molar refractivity (Wildman–Crippen MR) is 74.7 cm³/mol. The Hall–Kier alpha value is -1.06. The molecule has 0 bridgehead atoms. The maximum Gasteiger partial charge on any atom is 0.119 e. The third kappa shape index (κ3) is 5.52. The van der Waals surface area contributed by atoms with E-state index in [9.17, 15) is 0 Å². The Labute approximate surface area is 110 Å². The van der Waals surface area contributed by atoms with Crippen LogP contribution in [0.4, 0.5) is 0 Å². The number of rotatable bonds is 8. The van der Waals surface area contributed by atoms with E-state index < -0.39 is 0 Å². The molecule has 0 aliphatic rings. The van der Waals surface area contributed by atoms with Crippen LogP contribution in [0.1, 0.15) is 32.3 Å². The monoisotopic (exact) mass is 251 g/mol. The highest BCUT2D eigenvalue weighted by Crippen LogP contribution is 2.20. The Bertz CT molecular complexity index is 350. The van der Waals surface area contributed by atoms with Gasteiger partial charge in [-0.2, -0.15) is 0 Å². The van der Waals surface area contributed by atoms with E-state index in [1.54, 1.807) is 7.11 Å². The highest BCUT2D eigenvalue weighted by molar-refractivity contribution is 5.27. The fourth-order valence-electron chi connectivity index (χ4n) is 1.71. The van der Waals surface area contributed by atoms with E-state index in [2.05, 4.69) is 13.8 Å². The molecule has 3 nitrogen and oxygen atoms in total. The van der Waals surface area contributed by atoms with Crippen molar-refractivity contribution in [3.8, 4) is 5.75 Å². The molecule has 0 fully saturated rings. The molecule has 1 rings (SSSR count). The van der Waals surface area contributed by atoms with Crippen molar-refractivity contribution >= 4 is 0 Å². The van der Waals surface area contributed by atoms with Gasteiger partial charge in [-0.3, -0.25) is 0 Å². The molecule has 3 heteroatoms. The standard InChI is InChI=1S/C15H25NO2/c1-15(2,12-16)8-5-9-18-11-13-6-4-7-14(10-13)17-3/h4,6-7,10H,5,8-9,11-12,16H2,1-3H3. The molecule has 0 amide bonds. The van der Waals surface area contributed by atoms with Crippen LogP contribution in [0.5, 0.6) is 5.75 Å². The summed E-state index contributed by atoms with van der Waals surface area (Å²) in [6, 6.07) is 7.97. The molecule has 1 aromatic rings. The molecule has 0 radical (unpaired) electrons. The van der Waals surface area contributed by atoms with Crippen molar-refractivity contribution in [3.63, 3.8) is 0 Å². The van der Waals surface area contributed by atoms with E-state index in [0.29, 0.717) is 6.61 Å². The van der Waals surface area contributed by atoms with E-state index in [0.717, 1.165) is 37.3 Å². The number of hydrogen-bond acceptors (Lipinski definition) is 3. The minimum absolute atomic E-state index is 0.222. The largest absolute Gasteiger partial charge is 0.497 e. The molecule has 0 aliphatic heterocycles. The molecule has 18 heavy (non-hydrogen) atoms. The van der Waals surface area contributed by atoms with Gasteiger partial charge >= 0.3 is 0 Å². The molecule has 0 spiro atoms. The van der Waals surface area contributed by atoms with Gasteiger partial charge in [0.25, 0.3) is 0 Å². The smallest absolute Gasteiger partial charge is 0.119 e. The van der Waals surface area contributed by atoms with Gasteiger partial charge in [-0.1, -0.05) is 26.0 Å². The Morgan fingerprint density at radius 1 is 1.28 bits per heavy atom. The summed E-state index contributed by atoms with van der Waals surface area (Å²) in [5, 5.41) is 0. The Morgan fingerprint density at radius 3 is 2.72 bits per heavy atom. The van der Waals surface area contributed by atoms with Crippen LogP contribution >= 0.6 is 0 Å². The van der Waals surface area contributed by atoms with Gasteiger partial charge in [0.1, 0.15) is 5.75 Å². The van der Waals surface area contributed by atoms with Gasteiger partial charge in [-0.05, 0) is 42.5 Å². The van der Waals surface area contributed by atoms with E-state index >= 15 is 0 Å². The lowest BCUT2D eigenvalue weighted by atomic mass is 9.88. The van der Waals surface area contributed by atoms with Crippen LogP contribution in [0.25, 0.3) is 0 Å². The van der Waals surface area contributed by atoms with Gasteiger partial charge < -0.3 is 15.2 Å². The zero-order valence-electron chi connectivity index (χ0n) is 11.7. The van der Waals surface area contributed by atoms with E-state index in [4.69, 9.17) is 15.2 Å². The maximum atomic E-state index is 5.69. The Morgan fingerprint density at radius 2 is 2.06 bits per heavy atom. The van der Waals surface area contributed by atoms with Crippen LogP contribution in [0.2, 0.25) is 0 Å². The van der Waals surface area contributed by atoms with Crippen molar-refractivity contribution in [1.29, 1.82) is 0 Å². The van der Waals surface area contributed by atoms with Gasteiger partial charge in [0.2, 0.25) is 0 Å². The molecule has 0 unspecified atom stereocenters. The van der Waals surface area contributed by atoms with Crippen LogP contribution in [0.15, 0.2) is 24.3 Å². The van der Waals surface area contributed by atoms with E-state index in [1.165, 1.54) is 0 Å².